The Kier molecular flexibility index (Phi) is 4.57. The van der Waals surface area contributed by atoms with Gasteiger partial charge in [-0.05, 0) is 48.6 Å². The van der Waals surface area contributed by atoms with E-state index in [-0.39, 0.29) is 0 Å². The molecule has 0 saturated carbocycles. The summed E-state index contributed by atoms with van der Waals surface area (Å²) in [6.07, 6.45) is 1.38. The molecule has 1 aromatic carbocycles. The molecule has 2 aromatic heterocycles. The van der Waals surface area contributed by atoms with Crippen LogP contribution < -0.4 is 5.32 Å². The van der Waals surface area contributed by atoms with Gasteiger partial charge in [0.05, 0.1) is 30.0 Å². The predicted molar refractivity (Wildman–Crippen MR) is 91.2 cm³/mol. The minimum absolute atomic E-state index is 0.432. The molecule has 1 atom stereocenters. The van der Waals surface area contributed by atoms with Gasteiger partial charge in [-0.25, -0.2) is 4.98 Å². The number of aryl methyl sites for hydroxylation is 2. The summed E-state index contributed by atoms with van der Waals surface area (Å²) < 4.78 is 2.03. The van der Waals surface area contributed by atoms with Crippen molar-refractivity contribution in [2.24, 2.45) is 0 Å². The predicted octanol–water partition coefficient (Wildman–Crippen LogP) is 2.87. The smallest absolute Gasteiger partial charge is 0.0959 e. The van der Waals surface area contributed by atoms with Crippen molar-refractivity contribution in [3.63, 3.8) is 0 Å². The Morgan fingerprint density at radius 2 is 2.14 bits per heavy atom. The van der Waals surface area contributed by atoms with E-state index in [1.807, 2.05) is 17.0 Å². The van der Waals surface area contributed by atoms with Crippen molar-refractivity contribution in [1.29, 1.82) is 0 Å². The van der Waals surface area contributed by atoms with Gasteiger partial charge in [-0.2, -0.15) is 0 Å². The lowest BCUT2D eigenvalue weighted by Crippen LogP contribution is -2.29. The summed E-state index contributed by atoms with van der Waals surface area (Å²) in [5, 5.41) is 15.6. The topological polar surface area (TPSA) is 50.1 Å². The molecular formula is C17H21N3OS. The van der Waals surface area contributed by atoms with E-state index in [4.69, 9.17) is 0 Å². The summed E-state index contributed by atoms with van der Waals surface area (Å²) in [5.41, 5.74) is 4.57. The zero-order valence-electron chi connectivity index (χ0n) is 12.9. The molecule has 0 aliphatic rings. The van der Waals surface area contributed by atoms with E-state index in [1.54, 1.807) is 11.3 Å². The molecule has 0 saturated heterocycles. The average molecular weight is 315 g/mol. The normalized spacial score (nSPS) is 12.9. The quantitative estimate of drug-likeness (QED) is 0.735. The standard InChI is InChI=1S/C17H21N3OS/c1-12-6-16-17(7-13(12)2)20(11-19-16)10-14(21)8-18-9-15-4-3-5-22-15/h3-7,11,14,18,21H,8-10H2,1-2H3/t14-/m0/s1. The fourth-order valence-corrected chi connectivity index (χ4v) is 3.20. The third kappa shape index (κ3) is 3.38. The van der Waals surface area contributed by atoms with E-state index in [0.29, 0.717) is 13.1 Å². The number of aliphatic hydroxyl groups is 1. The fourth-order valence-electron chi connectivity index (χ4n) is 2.53. The third-order valence-corrected chi connectivity index (χ3v) is 4.78. The fraction of sp³-hybridized carbons (Fsp3) is 0.353. The van der Waals surface area contributed by atoms with Gasteiger partial charge in [0.15, 0.2) is 0 Å². The Morgan fingerprint density at radius 3 is 2.91 bits per heavy atom. The molecule has 3 aromatic rings. The number of rotatable bonds is 6. The maximum atomic E-state index is 10.2. The van der Waals surface area contributed by atoms with Gasteiger partial charge in [0.2, 0.25) is 0 Å². The van der Waals surface area contributed by atoms with Crippen molar-refractivity contribution in [1.82, 2.24) is 14.9 Å². The SMILES string of the molecule is Cc1cc2ncn(C[C@@H](O)CNCc3cccs3)c2cc1C. The van der Waals surface area contributed by atoms with Crippen LogP contribution in [0.4, 0.5) is 0 Å². The highest BCUT2D eigenvalue weighted by Gasteiger charge is 2.09. The maximum absolute atomic E-state index is 10.2. The maximum Gasteiger partial charge on any atom is 0.0959 e. The van der Waals surface area contributed by atoms with E-state index < -0.39 is 6.10 Å². The summed E-state index contributed by atoms with van der Waals surface area (Å²) >= 11 is 1.73. The Balaban J connectivity index is 1.61. The summed E-state index contributed by atoms with van der Waals surface area (Å²) in [7, 11) is 0. The zero-order valence-corrected chi connectivity index (χ0v) is 13.7. The molecule has 5 heteroatoms. The summed E-state index contributed by atoms with van der Waals surface area (Å²) in [5.74, 6) is 0. The molecule has 22 heavy (non-hydrogen) atoms. The molecule has 3 rings (SSSR count). The van der Waals surface area contributed by atoms with Crippen molar-refractivity contribution >= 4 is 22.4 Å². The van der Waals surface area contributed by atoms with Crippen molar-refractivity contribution in [2.75, 3.05) is 6.54 Å². The average Bonchev–Trinajstić information content (AvgIpc) is 3.11. The second-order valence-corrected chi connectivity index (χ2v) is 6.72. The van der Waals surface area contributed by atoms with Crippen LogP contribution in [-0.4, -0.2) is 27.3 Å². The van der Waals surface area contributed by atoms with Gasteiger partial charge < -0.3 is 15.0 Å². The highest BCUT2D eigenvalue weighted by molar-refractivity contribution is 7.09. The minimum atomic E-state index is -0.432. The van der Waals surface area contributed by atoms with Crippen LogP contribution in [-0.2, 0) is 13.1 Å². The lowest BCUT2D eigenvalue weighted by Gasteiger charge is -2.13. The lowest BCUT2D eigenvalue weighted by atomic mass is 10.1. The molecule has 2 heterocycles. The van der Waals surface area contributed by atoms with Crippen molar-refractivity contribution in [3.05, 3.63) is 52.0 Å². The number of hydrogen-bond acceptors (Lipinski definition) is 4. The van der Waals surface area contributed by atoms with E-state index in [2.05, 4.69) is 47.7 Å². The van der Waals surface area contributed by atoms with Crippen LogP contribution >= 0.6 is 11.3 Å². The van der Waals surface area contributed by atoms with Crippen LogP contribution in [0.3, 0.4) is 0 Å². The molecule has 0 aliphatic carbocycles. The molecule has 4 nitrogen and oxygen atoms in total. The number of imidazole rings is 1. The van der Waals surface area contributed by atoms with Gasteiger partial charge in [-0.1, -0.05) is 6.07 Å². The molecule has 0 aliphatic heterocycles. The molecule has 116 valence electrons. The van der Waals surface area contributed by atoms with Crippen LogP contribution in [0, 0.1) is 13.8 Å². The van der Waals surface area contributed by atoms with Crippen molar-refractivity contribution in [2.45, 2.75) is 33.0 Å². The molecule has 0 bridgehead atoms. The summed E-state index contributed by atoms with van der Waals surface area (Å²) in [6.45, 7) is 6.12. The van der Waals surface area contributed by atoms with Gasteiger partial charge >= 0.3 is 0 Å². The first kappa shape index (κ1) is 15.2. The van der Waals surface area contributed by atoms with E-state index in [9.17, 15) is 5.11 Å². The molecule has 0 radical (unpaired) electrons. The van der Waals surface area contributed by atoms with Gasteiger partial charge in [-0.3, -0.25) is 0 Å². The molecule has 0 unspecified atom stereocenters. The Bertz CT molecular complexity index is 749. The lowest BCUT2D eigenvalue weighted by molar-refractivity contribution is 0.152. The second kappa shape index (κ2) is 6.60. The number of nitrogens with zero attached hydrogens (tertiary/aromatic N) is 2. The largest absolute Gasteiger partial charge is 0.390 e. The molecule has 0 spiro atoms. The van der Waals surface area contributed by atoms with Crippen LogP contribution in [0.25, 0.3) is 11.0 Å². The van der Waals surface area contributed by atoms with Crippen LogP contribution in [0.1, 0.15) is 16.0 Å². The summed E-state index contributed by atoms with van der Waals surface area (Å²) in [6, 6.07) is 8.38. The first-order valence-corrected chi connectivity index (χ1v) is 8.34. The Hall–Kier alpha value is -1.69. The number of hydrogen-bond donors (Lipinski definition) is 2. The van der Waals surface area contributed by atoms with Crippen LogP contribution in [0.5, 0.6) is 0 Å². The highest BCUT2D eigenvalue weighted by Crippen LogP contribution is 2.18. The number of benzene rings is 1. The summed E-state index contributed by atoms with van der Waals surface area (Å²) in [4.78, 5) is 5.71. The van der Waals surface area contributed by atoms with E-state index in [0.717, 1.165) is 17.6 Å². The van der Waals surface area contributed by atoms with Crippen LogP contribution in [0.15, 0.2) is 36.0 Å². The monoisotopic (exact) mass is 315 g/mol. The minimum Gasteiger partial charge on any atom is -0.390 e. The van der Waals surface area contributed by atoms with E-state index in [1.165, 1.54) is 16.0 Å². The van der Waals surface area contributed by atoms with Crippen molar-refractivity contribution < 1.29 is 5.11 Å². The zero-order chi connectivity index (χ0) is 15.5. The first-order valence-electron chi connectivity index (χ1n) is 7.47. The Morgan fingerprint density at radius 1 is 1.32 bits per heavy atom. The molecule has 0 amide bonds. The van der Waals surface area contributed by atoms with Gasteiger partial charge in [0, 0.05) is 18.0 Å². The molecule has 0 fully saturated rings. The second-order valence-electron chi connectivity index (χ2n) is 5.69. The number of aliphatic hydroxyl groups excluding tert-OH is 1. The number of thiophene rings is 1. The number of nitrogens with one attached hydrogen (secondary N) is 1. The van der Waals surface area contributed by atoms with Crippen molar-refractivity contribution in [3.8, 4) is 0 Å². The van der Waals surface area contributed by atoms with Gasteiger partial charge in [0.25, 0.3) is 0 Å². The van der Waals surface area contributed by atoms with Gasteiger partial charge in [0.1, 0.15) is 0 Å². The molecule has 2 N–H and O–H groups in total. The molecular weight excluding hydrogens is 294 g/mol. The van der Waals surface area contributed by atoms with Crippen LogP contribution in [0.2, 0.25) is 0 Å². The van der Waals surface area contributed by atoms with Gasteiger partial charge in [-0.15, -0.1) is 11.3 Å². The highest BCUT2D eigenvalue weighted by atomic mass is 32.1. The first-order chi connectivity index (χ1) is 10.6. The van der Waals surface area contributed by atoms with E-state index >= 15 is 0 Å². The number of aromatic nitrogens is 2. The number of fused-ring (bicyclic) bond motifs is 1. The third-order valence-electron chi connectivity index (χ3n) is 3.90. The Labute approximate surface area is 134 Å².